The molecule has 0 atom stereocenters. The van der Waals surface area contributed by atoms with E-state index in [4.69, 9.17) is 15.0 Å². The van der Waals surface area contributed by atoms with Crippen LogP contribution in [0.4, 0.5) is 29.1 Å². The van der Waals surface area contributed by atoms with Gasteiger partial charge in [0.15, 0.2) is 0 Å². The van der Waals surface area contributed by atoms with Gasteiger partial charge in [-0.05, 0) is 43.4 Å². The number of rotatable bonds is 7. The van der Waals surface area contributed by atoms with Crippen LogP contribution in [-0.2, 0) is 6.42 Å². The van der Waals surface area contributed by atoms with Crippen LogP contribution < -0.4 is 15.5 Å². The van der Waals surface area contributed by atoms with Gasteiger partial charge in [0.2, 0.25) is 5.95 Å². The highest BCUT2D eigenvalue weighted by atomic mass is 15.3. The summed E-state index contributed by atoms with van der Waals surface area (Å²) in [5.74, 6) is 3.50. The Morgan fingerprint density at radius 2 is 1.81 bits per heavy atom. The summed E-state index contributed by atoms with van der Waals surface area (Å²) in [5, 5.41) is 6.74. The summed E-state index contributed by atoms with van der Waals surface area (Å²) in [6.45, 7) is 6.42. The first-order valence-corrected chi connectivity index (χ1v) is 11.2. The van der Waals surface area contributed by atoms with Crippen molar-refractivity contribution in [3.63, 3.8) is 0 Å². The average Bonchev–Trinajstić information content (AvgIpc) is 3.45. The summed E-state index contributed by atoms with van der Waals surface area (Å²) in [4.78, 5) is 20.9. The molecule has 0 radical (unpaired) electrons. The van der Waals surface area contributed by atoms with Crippen molar-refractivity contribution in [1.82, 2.24) is 24.3 Å². The zero-order chi connectivity index (χ0) is 21.9. The Bertz CT molecular complexity index is 1210. The molecule has 0 saturated carbocycles. The van der Waals surface area contributed by atoms with Gasteiger partial charge in [-0.1, -0.05) is 19.9 Å². The van der Waals surface area contributed by atoms with E-state index in [2.05, 4.69) is 40.4 Å². The fraction of sp³-hybridized carbons (Fsp3) is 0.333. The van der Waals surface area contributed by atoms with Crippen molar-refractivity contribution in [2.75, 3.05) is 28.6 Å². The van der Waals surface area contributed by atoms with E-state index in [0.717, 1.165) is 54.0 Å². The van der Waals surface area contributed by atoms with Crippen LogP contribution in [0.3, 0.4) is 0 Å². The summed E-state index contributed by atoms with van der Waals surface area (Å²) < 4.78 is 1.98. The fourth-order valence-electron chi connectivity index (χ4n) is 3.99. The normalized spacial score (nSPS) is 13.8. The summed E-state index contributed by atoms with van der Waals surface area (Å²) >= 11 is 0. The molecule has 0 amide bonds. The number of anilines is 5. The number of imidazole rings is 1. The van der Waals surface area contributed by atoms with Gasteiger partial charge >= 0.3 is 0 Å². The van der Waals surface area contributed by atoms with Crippen LogP contribution in [0.1, 0.15) is 32.4 Å². The summed E-state index contributed by atoms with van der Waals surface area (Å²) in [5.41, 5.74) is 2.87. The van der Waals surface area contributed by atoms with Crippen molar-refractivity contribution in [1.29, 1.82) is 0 Å². The number of fused-ring (bicyclic) bond motifs is 1. The SMILES string of the molecule is CC(C)Cc1cccc(Nc2nc(Nc3ccn4ccnc4c3)cc(N3CCCC3)n2)n1. The highest BCUT2D eigenvalue weighted by Gasteiger charge is 2.16. The van der Waals surface area contributed by atoms with Crippen LogP contribution >= 0.6 is 0 Å². The second-order valence-corrected chi connectivity index (χ2v) is 8.60. The Labute approximate surface area is 187 Å². The average molecular weight is 429 g/mol. The second kappa shape index (κ2) is 8.82. The molecule has 0 aromatic carbocycles. The second-order valence-electron chi connectivity index (χ2n) is 8.60. The molecule has 8 heteroatoms. The van der Waals surface area contributed by atoms with Crippen molar-refractivity contribution in [2.45, 2.75) is 33.1 Å². The van der Waals surface area contributed by atoms with E-state index in [1.54, 1.807) is 6.20 Å². The van der Waals surface area contributed by atoms with Crippen molar-refractivity contribution >= 4 is 34.7 Å². The monoisotopic (exact) mass is 428 g/mol. The molecule has 8 nitrogen and oxygen atoms in total. The van der Waals surface area contributed by atoms with Gasteiger partial charge < -0.3 is 19.9 Å². The molecule has 0 bridgehead atoms. The molecule has 0 spiro atoms. The predicted octanol–water partition coefficient (Wildman–Crippen LogP) is 4.81. The topological polar surface area (TPSA) is 83.3 Å². The third-order valence-corrected chi connectivity index (χ3v) is 5.48. The molecule has 2 N–H and O–H groups in total. The molecular weight excluding hydrogens is 400 g/mol. The maximum absolute atomic E-state index is 4.79. The maximum Gasteiger partial charge on any atom is 0.232 e. The lowest BCUT2D eigenvalue weighted by molar-refractivity contribution is 0.636. The first-order valence-electron chi connectivity index (χ1n) is 11.2. The third-order valence-electron chi connectivity index (χ3n) is 5.48. The van der Waals surface area contributed by atoms with E-state index in [-0.39, 0.29) is 0 Å². The first-order chi connectivity index (χ1) is 15.6. The maximum atomic E-state index is 4.79. The molecule has 1 aliphatic heterocycles. The van der Waals surface area contributed by atoms with Gasteiger partial charge in [0.25, 0.3) is 0 Å². The quantitative estimate of drug-likeness (QED) is 0.437. The minimum Gasteiger partial charge on any atom is -0.356 e. The number of hydrogen-bond acceptors (Lipinski definition) is 7. The standard InChI is InChI=1S/C24H28N8/c1-17(2)14-18-6-5-7-20(26-18)28-24-29-21(16-23(30-24)31-10-3-4-11-31)27-19-8-12-32-13-9-25-22(32)15-19/h5-9,12-13,15-17H,3-4,10-11,14H2,1-2H3,(H2,26,27,28,29,30). The highest BCUT2D eigenvalue weighted by Crippen LogP contribution is 2.26. The van der Waals surface area contributed by atoms with Gasteiger partial charge in [-0.2, -0.15) is 9.97 Å². The van der Waals surface area contributed by atoms with Crippen molar-refractivity contribution in [3.05, 3.63) is 60.7 Å². The van der Waals surface area contributed by atoms with E-state index >= 15 is 0 Å². The molecule has 32 heavy (non-hydrogen) atoms. The summed E-state index contributed by atoms with van der Waals surface area (Å²) in [7, 11) is 0. The molecule has 4 aromatic rings. The molecule has 4 aromatic heterocycles. The Hall–Kier alpha value is -3.68. The van der Waals surface area contributed by atoms with Crippen LogP contribution in [0.2, 0.25) is 0 Å². The molecule has 164 valence electrons. The lowest BCUT2D eigenvalue weighted by atomic mass is 10.1. The zero-order valence-electron chi connectivity index (χ0n) is 18.5. The highest BCUT2D eigenvalue weighted by molar-refractivity contribution is 5.65. The molecule has 1 aliphatic rings. The lowest BCUT2D eigenvalue weighted by Gasteiger charge is -2.19. The number of aromatic nitrogens is 5. The van der Waals surface area contributed by atoms with Gasteiger partial charge in [0.1, 0.15) is 23.1 Å². The number of hydrogen-bond donors (Lipinski definition) is 2. The Morgan fingerprint density at radius 1 is 0.938 bits per heavy atom. The van der Waals surface area contributed by atoms with Crippen LogP contribution in [0.5, 0.6) is 0 Å². The zero-order valence-corrected chi connectivity index (χ0v) is 18.5. The van der Waals surface area contributed by atoms with E-state index < -0.39 is 0 Å². The molecular formula is C24H28N8. The third kappa shape index (κ3) is 4.64. The molecule has 5 rings (SSSR count). The molecule has 1 fully saturated rings. The van der Waals surface area contributed by atoms with Crippen LogP contribution in [0.25, 0.3) is 5.65 Å². The minimum atomic E-state index is 0.535. The Morgan fingerprint density at radius 3 is 2.66 bits per heavy atom. The van der Waals surface area contributed by atoms with E-state index in [9.17, 15) is 0 Å². The predicted molar refractivity (Wildman–Crippen MR) is 128 cm³/mol. The largest absolute Gasteiger partial charge is 0.356 e. The van der Waals surface area contributed by atoms with Crippen LogP contribution in [-0.4, -0.2) is 37.4 Å². The van der Waals surface area contributed by atoms with Gasteiger partial charge in [0.05, 0.1) is 0 Å². The fourth-order valence-corrected chi connectivity index (χ4v) is 3.99. The van der Waals surface area contributed by atoms with E-state index in [0.29, 0.717) is 11.9 Å². The van der Waals surface area contributed by atoms with Gasteiger partial charge in [-0.25, -0.2) is 9.97 Å². The first kappa shape index (κ1) is 20.2. The van der Waals surface area contributed by atoms with Gasteiger partial charge in [0, 0.05) is 55.2 Å². The smallest absolute Gasteiger partial charge is 0.232 e. The Balaban J connectivity index is 1.44. The number of pyridine rings is 2. The van der Waals surface area contributed by atoms with Crippen LogP contribution in [0.15, 0.2) is 55.0 Å². The van der Waals surface area contributed by atoms with E-state index in [1.165, 1.54) is 12.8 Å². The molecule has 5 heterocycles. The van der Waals surface area contributed by atoms with Gasteiger partial charge in [-0.15, -0.1) is 0 Å². The van der Waals surface area contributed by atoms with Crippen LogP contribution in [0, 0.1) is 5.92 Å². The Kier molecular flexibility index (Phi) is 5.58. The molecule has 0 aliphatic carbocycles. The molecule has 1 saturated heterocycles. The summed E-state index contributed by atoms with van der Waals surface area (Å²) in [6, 6.07) is 12.1. The van der Waals surface area contributed by atoms with E-state index in [1.807, 2.05) is 47.1 Å². The van der Waals surface area contributed by atoms with Gasteiger partial charge in [-0.3, -0.25) is 0 Å². The summed E-state index contributed by atoms with van der Waals surface area (Å²) in [6.07, 6.45) is 9.01. The number of nitrogens with one attached hydrogen (secondary N) is 2. The minimum absolute atomic E-state index is 0.535. The van der Waals surface area contributed by atoms with Crippen molar-refractivity contribution in [2.24, 2.45) is 5.92 Å². The van der Waals surface area contributed by atoms with Crippen molar-refractivity contribution in [3.8, 4) is 0 Å². The number of nitrogens with zero attached hydrogens (tertiary/aromatic N) is 6. The lowest BCUT2D eigenvalue weighted by Crippen LogP contribution is -2.20. The molecule has 0 unspecified atom stereocenters. The van der Waals surface area contributed by atoms with Crippen molar-refractivity contribution < 1.29 is 0 Å².